The van der Waals surface area contributed by atoms with Crippen LogP contribution in [0, 0.1) is 16.7 Å². The molecular formula is C93H119N13O22P2-2. The van der Waals surface area contributed by atoms with Gasteiger partial charge in [0.15, 0.2) is 5.78 Å². The zero-order valence-corrected chi connectivity index (χ0v) is 76.2. The van der Waals surface area contributed by atoms with Gasteiger partial charge in [0.05, 0.1) is 68.5 Å². The number of carbonyl (C=O) groups is 14. The minimum Gasteiger partial charge on any atom is -0.756 e. The highest BCUT2D eigenvalue weighted by molar-refractivity contribution is 7.46. The van der Waals surface area contributed by atoms with E-state index in [1.807, 2.05) is 54.6 Å². The number of amides is 13. The summed E-state index contributed by atoms with van der Waals surface area (Å²) in [5, 5.41) is 29.7. The molecule has 9 atom stereocenters. The Labute approximate surface area is 756 Å². The number of aryl methyl sites for hydroxylation is 3. The first-order chi connectivity index (χ1) is 62.2. The van der Waals surface area contributed by atoms with Crippen LogP contribution in [0.1, 0.15) is 183 Å². The van der Waals surface area contributed by atoms with E-state index in [-0.39, 0.29) is 57.3 Å². The zero-order valence-electron chi connectivity index (χ0n) is 74.4. The molecule has 0 aromatic heterocycles. The lowest BCUT2D eigenvalue weighted by Crippen LogP contribution is -2.59. The standard InChI is InChI=1S/C93H121N13O22P2/c1-8-13-26-60-37-39-64(40-38-60)89(118)106(53-62-29-18-15-19-30-62)85-70-36-25-23-34-67(70)48-75(85)128-130(123,124)126-55-73(105-91(120)93(7,58-102-82(113)51-98-78(109)11-4)59-103-83(114)52-99-79(110)12-5)88(117)95-44-43-94-87(116)72(104-90(119)92(6,56-100-80(111)49-96-76(107)9-2)57-101-81(112)50-97-77(108)10-3)54-125-129(121,122)127-74-47-66-33-22-24-35-69(66)84(74)71(45-61-27-16-14-17-28-61)86(115)68-42-41-63-31-20-21-32-65(63)46-68/h14-19,22-25,27-30,33-42,46,71-75,84-85H,8-13,20-21,26,31-32,43-45,47-59H2,1-7H3,(H,94,116)(H,95,117)(H,96,107)(H,97,108)(H,98,109)(H,99,110)(H,100,111)(H,101,112)(H,102,113)(H,103,114)(H,104,119)(H,105,120)(H,121,122)(H,123,124)/p-2. The molecule has 9 unspecified atom stereocenters. The molecule has 37 heteroatoms. The van der Waals surface area contributed by atoms with Gasteiger partial charge in [-0.25, -0.2) is 0 Å². The SMILES string of the molecule is CCCCc1ccc(C(=O)N(Cc2ccccc2)C2c3ccccc3CC2OP(=O)([O-])OCC(NC(=O)C(C)(CNC(=O)CNC(=O)CC)CNC(=O)CNC(=O)CC)C(=O)NCCNC(=O)C(COP(=O)([O-])OC2Cc3ccccc3C2C(Cc2ccccc2)C(=O)c2ccc3c(c2)CCCC3)NC(=O)C(C)(CNC(=O)CNC(=O)CC)CNC(=O)CNC(=O)CC)cc1. The Morgan fingerprint density at radius 1 is 0.438 bits per heavy atom. The molecule has 6 aromatic rings. The minimum absolute atomic E-state index is 0.0113. The van der Waals surface area contributed by atoms with E-state index in [0.717, 1.165) is 67.2 Å². The summed E-state index contributed by atoms with van der Waals surface area (Å²) in [6, 6.07) is 39.7. The first kappa shape index (κ1) is 102. The lowest BCUT2D eigenvalue weighted by molar-refractivity contribution is -0.232. The Morgan fingerprint density at radius 3 is 1.31 bits per heavy atom. The third-order valence-electron chi connectivity index (χ3n) is 23.1. The van der Waals surface area contributed by atoms with Gasteiger partial charge < -0.3 is 96.6 Å². The summed E-state index contributed by atoms with van der Waals surface area (Å²) >= 11 is 0. The van der Waals surface area contributed by atoms with Crippen LogP contribution in [0.15, 0.2) is 152 Å². The maximum absolute atomic E-state index is 15.3. The van der Waals surface area contributed by atoms with Crippen LogP contribution in [0.4, 0.5) is 0 Å². The lowest BCUT2D eigenvalue weighted by atomic mass is 9.77. The highest BCUT2D eigenvalue weighted by atomic mass is 31.2. The van der Waals surface area contributed by atoms with E-state index < -0.39 is 224 Å². The van der Waals surface area contributed by atoms with E-state index in [1.54, 1.807) is 125 Å². The molecule has 0 bridgehead atoms. The number of hydrogen-bond acceptors (Lipinski definition) is 22. The average Bonchev–Trinajstić information content (AvgIpc) is 1.61. The van der Waals surface area contributed by atoms with Crippen molar-refractivity contribution in [3.8, 4) is 0 Å². The second-order valence-corrected chi connectivity index (χ2v) is 35.7. The molecule has 0 fully saturated rings. The van der Waals surface area contributed by atoms with Gasteiger partial charge in [-0.05, 0) is 127 Å². The van der Waals surface area contributed by atoms with Gasteiger partial charge in [0.25, 0.3) is 21.6 Å². The highest BCUT2D eigenvalue weighted by Crippen LogP contribution is 2.51. The molecular weight excluding hydrogens is 1710 g/mol. The second kappa shape index (κ2) is 49.4. The molecule has 0 heterocycles. The molecule has 6 aromatic carbocycles. The predicted molar refractivity (Wildman–Crippen MR) is 476 cm³/mol. The monoisotopic (exact) mass is 1830 g/mol. The van der Waals surface area contributed by atoms with Gasteiger partial charge in [0.1, 0.15) is 12.1 Å². The smallest absolute Gasteiger partial charge is 0.268 e. The summed E-state index contributed by atoms with van der Waals surface area (Å²) in [6.45, 7) is 2.20. The molecule has 3 aliphatic rings. The van der Waals surface area contributed by atoms with Gasteiger partial charge in [-0.1, -0.05) is 174 Å². The van der Waals surface area contributed by atoms with E-state index in [1.165, 1.54) is 18.7 Å². The van der Waals surface area contributed by atoms with E-state index in [4.69, 9.17) is 18.1 Å². The van der Waals surface area contributed by atoms with E-state index in [9.17, 15) is 66.9 Å². The van der Waals surface area contributed by atoms with Crippen molar-refractivity contribution >= 4 is 98.2 Å². The number of phosphoric acid groups is 2. The number of benzene rings is 6. The molecule has 3 aliphatic carbocycles. The number of carbonyl (C=O) groups excluding carboxylic acids is 14. The number of Topliss-reactive ketones (excluding diaryl/α,β-unsaturated/α-hetero) is 1. The number of fused-ring (bicyclic) bond motifs is 3. The summed E-state index contributed by atoms with van der Waals surface area (Å²) in [6.07, 6.45) is 3.58. The number of unbranched alkanes of at least 4 members (excludes halogenated alkanes) is 1. The maximum Gasteiger partial charge on any atom is 0.268 e. The molecule has 0 aliphatic heterocycles. The van der Waals surface area contributed by atoms with Crippen LogP contribution in [0.5, 0.6) is 0 Å². The first-order valence-electron chi connectivity index (χ1n) is 44.1. The summed E-state index contributed by atoms with van der Waals surface area (Å²) in [5.41, 5.74) is 3.88. The topological polar surface area (TPSA) is 504 Å². The number of rotatable bonds is 51. The molecule has 700 valence electrons. The summed E-state index contributed by atoms with van der Waals surface area (Å²) in [7, 11) is -11.5. The third kappa shape index (κ3) is 30.5. The molecule has 0 spiro atoms. The van der Waals surface area contributed by atoms with Gasteiger partial charge in [-0.2, -0.15) is 0 Å². The summed E-state index contributed by atoms with van der Waals surface area (Å²) in [4.78, 5) is 224. The molecule has 130 heavy (non-hydrogen) atoms. The van der Waals surface area contributed by atoms with Crippen LogP contribution in [-0.4, -0.2) is 190 Å². The van der Waals surface area contributed by atoms with Crippen LogP contribution in [0.3, 0.4) is 0 Å². The molecule has 13 amide bonds. The van der Waals surface area contributed by atoms with Crippen LogP contribution >= 0.6 is 15.6 Å². The van der Waals surface area contributed by atoms with Crippen molar-refractivity contribution in [2.75, 3.05) is 78.7 Å². The number of phosphoric ester groups is 2. The largest absolute Gasteiger partial charge is 0.756 e. The fourth-order valence-electron chi connectivity index (χ4n) is 15.4. The minimum atomic E-state index is -5.75. The highest BCUT2D eigenvalue weighted by Gasteiger charge is 2.47. The Bertz CT molecular complexity index is 5010. The van der Waals surface area contributed by atoms with Crippen molar-refractivity contribution in [1.29, 1.82) is 0 Å². The van der Waals surface area contributed by atoms with Gasteiger partial charge in [0, 0.05) is 107 Å². The van der Waals surface area contributed by atoms with Gasteiger partial charge >= 0.3 is 0 Å². The first-order valence-corrected chi connectivity index (χ1v) is 47.0. The molecule has 35 nitrogen and oxygen atoms in total. The van der Waals surface area contributed by atoms with Gasteiger partial charge in [0.2, 0.25) is 70.9 Å². The van der Waals surface area contributed by atoms with Crippen molar-refractivity contribution in [1.82, 2.24) is 68.7 Å². The Kier molecular flexibility index (Phi) is 38.8. The summed E-state index contributed by atoms with van der Waals surface area (Å²) in [5.74, 6) is -12.5. The van der Waals surface area contributed by atoms with Crippen LogP contribution in [0.25, 0.3) is 0 Å². The number of nitrogens with zero attached hydrogens (tertiary/aromatic N) is 1. The Balaban J connectivity index is 1.01. The average molecular weight is 1830 g/mol. The molecule has 0 radical (unpaired) electrons. The van der Waals surface area contributed by atoms with Crippen molar-refractivity contribution in [3.05, 3.63) is 213 Å². The van der Waals surface area contributed by atoms with Gasteiger partial charge in [-0.3, -0.25) is 76.3 Å². The summed E-state index contributed by atoms with van der Waals surface area (Å²) < 4.78 is 52.9. The zero-order chi connectivity index (χ0) is 94.1. The van der Waals surface area contributed by atoms with Crippen molar-refractivity contribution < 1.29 is 104 Å². The van der Waals surface area contributed by atoms with Crippen molar-refractivity contribution in [2.24, 2.45) is 16.7 Å². The van der Waals surface area contributed by atoms with Crippen LogP contribution in [-0.2, 0) is 130 Å². The quantitative estimate of drug-likeness (QED) is 0.0142. The van der Waals surface area contributed by atoms with Crippen molar-refractivity contribution in [2.45, 2.75) is 181 Å². The van der Waals surface area contributed by atoms with Crippen LogP contribution in [0.2, 0.25) is 0 Å². The molecule has 12 N–H and O–H groups in total. The number of ketones is 1. The number of nitrogens with one attached hydrogen (secondary N) is 12. The predicted octanol–water partition coefficient (Wildman–Crippen LogP) is 4.45. The molecule has 0 saturated carbocycles. The normalized spacial score (nSPS) is 16.5. The number of hydrogen-bond donors (Lipinski definition) is 12. The van der Waals surface area contributed by atoms with E-state index in [0.29, 0.717) is 38.9 Å². The third-order valence-corrected chi connectivity index (χ3v) is 25.0. The second-order valence-electron chi connectivity index (χ2n) is 33.0. The fraction of sp³-hybridized carbons (Fsp3) is 0.462. The fourth-order valence-corrected chi connectivity index (χ4v) is 17.3. The Hall–Kier alpha value is -11.7. The molecule has 0 saturated heterocycles. The molecule has 9 rings (SSSR count). The van der Waals surface area contributed by atoms with E-state index in [2.05, 4.69) is 70.7 Å². The van der Waals surface area contributed by atoms with E-state index >= 15 is 19.2 Å². The maximum atomic E-state index is 15.3. The van der Waals surface area contributed by atoms with Crippen LogP contribution < -0.4 is 73.6 Å². The van der Waals surface area contributed by atoms with Gasteiger partial charge in [-0.15, -0.1) is 0 Å². The van der Waals surface area contributed by atoms with Crippen molar-refractivity contribution in [3.63, 3.8) is 0 Å². The Morgan fingerprint density at radius 2 is 0.846 bits per heavy atom. The lowest BCUT2D eigenvalue weighted by Gasteiger charge is -2.37.